The van der Waals surface area contributed by atoms with Gasteiger partial charge in [0.15, 0.2) is 5.96 Å². The summed E-state index contributed by atoms with van der Waals surface area (Å²) in [6.07, 6.45) is 4.25. The van der Waals surface area contributed by atoms with Crippen LogP contribution in [0, 0.1) is 5.92 Å². The van der Waals surface area contributed by atoms with Crippen LogP contribution in [0.1, 0.15) is 25.7 Å². The number of guanidine groups is 1. The van der Waals surface area contributed by atoms with Crippen molar-refractivity contribution in [2.24, 2.45) is 10.9 Å². The molecule has 2 fully saturated rings. The van der Waals surface area contributed by atoms with Crippen LogP contribution in [0.2, 0.25) is 0 Å². The quantitative estimate of drug-likeness (QED) is 0.356. The predicted octanol–water partition coefficient (Wildman–Crippen LogP) is 0.574. The number of ether oxygens (including phenoxy) is 3. The van der Waals surface area contributed by atoms with Gasteiger partial charge < -0.3 is 29.3 Å². The van der Waals surface area contributed by atoms with Gasteiger partial charge in [0, 0.05) is 66.6 Å². The van der Waals surface area contributed by atoms with Crippen LogP contribution < -0.4 is 5.32 Å². The number of likely N-dealkylation sites (N-methyl/N-ethyl adjacent to an activating group) is 1. The number of rotatable bonds is 9. The molecular weight excluding hydrogens is 348 g/mol. The van der Waals surface area contributed by atoms with Gasteiger partial charge >= 0.3 is 0 Å². The van der Waals surface area contributed by atoms with Crippen molar-refractivity contribution in [2.45, 2.75) is 31.8 Å². The Morgan fingerprint density at radius 1 is 1.26 bits per heavy atom. The fourth-order valence-electron chi connectivity index (χ4n) is 3.22. The summed E-state index contributed by atoms with van der Waals surface area (Å²) in [6, 6.07) is 0. The number of aliphatic imine (C=N–C) groups is 1. The predicted molar refractivity (Wildman–Crippen MR) is 105 cm³/mol. The molecule has 0 spiro atoms. The number of hydrogen-bond acceptors (Lipinski definition) is 5. The first kappa shape index (κ1) is 21.9. The van der Waals surface area contributed by atoms with E-state index in [1.54, 1.807) is 26.1 Å². The van der Waals surface area contributed by atoms with E-state index in [-0.39, 0.29) is 12.5 Å². The van der Waals surface area contributed by atoms with Crippen LogP contribution >= 0.6 is 0 Å². The Bertz CT molecular complexity index is 459. The molecule has 1 N–H and O–H groups in total. The first-order chi connectivity index (χ1) is 13.1. The lowest BCUT2D eigenvalue weighted by atomic mass is 10.1. The summed E-state index contributed by atoms with van der Waals surface area (Å²) in [5, 5.41) is 3.47. The summed E-state index contributed by atoms with van der Waals surface area (Å²) in [7, 11) is 5.23. The van der Waals surface area contributed by atoms with Crippen molar-refractivity contribution in [1.82, 2.24) is 15.1 Å². The molecule has 0 radical (unpaired) electrons. The average molecular weight is 385 g/mol. The van der Waals surface area contributed by atoms with Crippen molar-refractivity contribution in [1.29, 1.82) is 0 Å². The van der Waals surface area contributed by atoms with E-state index in [0.717, 1.165) is 77.7 Å². The molecule has 0 aromatic carbocycles. The van der Waals surface area contributed by atoms with E-state index in [1.807, 2.05) is 0 Å². The Kier molecular flexibility index (Phi) is 9.86. The Morgan fingerprint density at radius 3 is 2.67 bits per heavy atom. The van der Waals surface area contributed by atoms with Crippen LogP contribution in [-0.4, -0.2) is 102 Å². The van der Waals surface area contributed by atoms with Gasteiger partial charge in [-0.1, -0.05) is 0 Å². The summed E-state index contributed by atoms with van der Waals surface area (Å²) >= 11 is 0. The van der Waals surface area contributed by atoms with Gasteiger partial charge in [-0.05, 0) is 25.7 Å². The molecule has 2 rings (SSSR count). The minimum absolute atomic E-state index is 0.00913. The number of piperidine rings is 1. The van der Waals surface area contributed by atoms with Crippen LogP contribution in [-0.2, 0) is 19.0 Å². The molecule has 0 bridgehead atoms. The molecule has 8 heteroatoms. The molecule has 0 saturated carbocycles. The smallest absolute Gasteiger partial charge is 0.243 e. The number of carbonyl (C=O) groups is 1. The zero-order chi connectivity index (χ0) is 19.5. The van der Waals surface area contributed by atoms with Crippen LogP contribution in [0.4, 0.5) is 0 Å². The Morgan fingerprint density at radius 2 is 2.04 bits per heavy atom. The topological polar surface area (TPSA) is 75.6 Å². The van der Waals surface area contributed by atoms with E-state index in [2.05, 4.69) is 15.2 Å². The number of carbonyl (C=O) groups excluding carboxylic acids is 1. The minimum atomic E-state index is 0.00913. The fraction of sp³-hybridized carbons (Fsp3) is 0.895. The van der Waals surface area contributed by atoms with E-state index in [1.165, 1.54) is 0 Å². The Labute approximate surface area is 163 Å². The summed E-state index contributed by atoms with van der Waals surface area (Å²) in [5.41, 5.74) is 0. The van der Waals surface area contributed by atoms with Gasteiger partial charge in [-0.25, -0.2) is 4.99 Å². The highest BCUT2D eigenvalue weighted by Gasteiger charge is 2.23. The fourth-order valence-corrected chi connectivity index (χ4v) is 3.22. The molecule has 156 valence electrons. The Hall–Kier alpha value is -1.38. The lowest BCUT2D eigenvalue weighted by Crippen LogP contribution is -2.48. The van der Waals surface area contributed by atoms with Gasteiger partial charge in [0.05, 0.1) is 12.7 Å². The third kappa shape index (κ3) is 8.02. The number of nitrogens with one attached hydrogen (secondary N) is 1. The maximum Gasteiger partial charge on any atom is 0.243 e. The van der Waals surface area contributed by atoms with Gasteiger partial charge in [-0.2, -0.15) is 0 Å². The van der Waals surface area contributed by atoms with Gasteiger partial charge in [-0.15, -0.1) is 0 Å². The summed E-state index contributed by atoms with van der Waals surface area (Å²) in [5.74, 6) is 1.35. The average Bonchev–Trinajstić information content (AvgIpc) is 3.19. The van der Waals surface area contributed by atoms with Crippen LogP contribution in [0.5, 0.6) is 0 Å². The largest absolute Gasteiger partial charge is 0.385 e. The maximum absolute atomic E-state index is 11.9. The zero-order valence-electron chi connectivity index (χ0n) is 17.1. The number of methoxy groups -OCH3 is 1. The first-order valence-corrected chi connectivity index (χ1v) is 10.0. The molecule has 0 aromatic heterocycles. The van der Waals surface area contributed by atoms with Crippen LogP contribution in [0.15, 0.2) is 4.99 Å². The van der Waals surface area contributed by atoms with Crippen molar-refractivity contribution < 1.29 is 19.0 Å². The molecule has 1 unspecified atom stereocenters. The van der Waals surface area contributed by atoms with Gasteiger partial charge in [0.1, 0.15) is 6.54 Å². The molecular formula is C19H36N4O4. The number of likely N-dealkylation sites (tertiary alicyclic amines) is 1. The second-order valence-corrected chi connectivity index (χ2v) is 7.44. The van der Waals surface area contributed by atoms with E-state index in [0.29, 0.717) is 12.0 Å². The zero-order valence-corrected chi connectivity index (χ0v) is 17.1. The van der Waals surface area contributed by atoms with Crippen molar-refractivity contribution in [3.63, 3.8) is 0 Å². The number of hydrogen-bond donors (Lipinski definition) is 1. The highest BCUT2D eigenvalue weighted by molar-refractivity contribution is 5.84. The highest BCUT2D eigenvalue weighted by Crippen LogP contribution is 2.15. The van der Waals surface area contributed by atoms with Crippen LogP contribution in [0.3, 0.4) is 0 Å². The van der Waals surface area contributed by atoms with Crippen molar-refractivity contribution in [3.05, 3.63) is 0 Å². The van der Waals surface area contributed by atoms with E-state index in [9.17, 15) is 4.79 Å². The molecule has 27 heavy (non-hydrogen) atoms. The molecule has 0 aromatic rings. The van der Waals surface area contributed by atoms with Crippen molar-refractivity contribution in [3.8, 4) is 0 Å². The minimum Gasteiger partial charge on any atom is -0.385 e. The first-order valence-electron chi connectivity index (χ1n) is 10.0. The van der Waals surface area contributed by atoms with Crippen molar-refractivity contribution in [2.75, 3.05) is 73.8 Å². The third-order valence-corrected chi connectivity index (χ3v) is 5.02. The normalized spacial score (nSPS) is 21.5. The molecule has 2 heterocycles. The molecule has 8 nitrogen and oxygen atoms in total. The molecule has 1 atom stereocenters. The highest BCUT2D eigenvalue weighted by atomic mass is 16.5. The summed E-state index contributed by atoms with van der Waals surface area (Å²) in [6.45, 7) is 5.90. The third-order valence-electron chi connectivity index (χ3n) is 5.02. The number of amides is 1. The lowest BCUT2D eigenvalue weighted by Gasteiger charge is -2.34. The van der Waals surface area contributed by atoms with Gasteiger partial charge in [-0.3, -0.25) is 4.79 Å². The second-order valence-electron chi connectivity index (χ2n) is 7.44. The molecule has 0 aliphatic carbocycles. The summed E-state index contributed by atoms with van der Waals surface area (Å²) in [4.78, 5) is 20.3. The lowest BCUT2D eigenvalue weighted by molar-refractivity contribution is -0.127. The molecule has 1 amide bonds. The maximum atomic E-state index is 11.9. The van der Waals surface area contributed by atoms with Gasteiger partial charge in [0.2, 0.25) is 5.91 Å². The van der Waals surface area contributed by atoms with Crippen LogP contribution in [0.25, 0.3) is 0 Å². The summed E-state index contributed by atoms with van der Waals surface area (Å²) < 4.78 is 16.5. The van der Waals surface area contributed by atoms with Gasteiger partial charge in [0.25, 0.3) is 0 Å². The van der Waals surface area contributed by atoms with E-state index >= 15 is 0 Å². The molecule has 2 aliphatic heterocycles. The SMILES string of the molecule is COCCCOC1CCN(C(=NCC(=O)N(C)C)NCC2CCOC2)CC1. The second kappa shape index (κ2) is 12.2. The van der Waals surface area contributed by atoms with E-state index in [4.69, 9.17) is 14.2 Å². The van der Waals surface area contributed by atoms with Crippen molar-refractivity contribution >= 4 is 11.9 Å². The Balaban J connectivity index is 1.82. The van der Waals surface area contributed by atoms with E-state index < -0.39 is 0 Å². The molecule has 2 aliphatic rings. The molecule has 2 saturated heterocycles. The monoisotopic (exact) mass is 384 g/mol. The standard InChI is InChI=1S/C19H36N4O4/c1-22(2)18(24)14-21-19(20-13-16-7-12-26-15-16)23-8-5-17(6-9-23)27-11-4-10-25-3/h16-17H,4-15H2,1-3H3,(H,20,21). The number of nitrogens with zero attached hydrogens (tertiary/aromatic N) is 3.